The molecule has 0 aromatic heterocycles. The Hall–Kier alpha value is -2.73. The van der Waals surface area contributed by atoms with Crippen LogP contribution in [0.1, 0.15) is 24.0 Å². The second kappa shape index (κ2) is 9.85. The van der Waals surface area contributed by atoms with E-state index in [1.165, 1.54) is 0 Å². The highest BCUT2D eigenvalue weighted by Gasteiger charge is 2.45. The Morgan fingerprint density at radius 3 is 2.43 bits per heavy atom. The number of aliphatic imine (C=N–C) groups is 1. The van der Waals surface area contributed by atoms with Gasteiger partial charge in [0.05, 0.1) is 20.2 Å². The normalized spacial score (nSPS) is 14.7. The maximum Gasteiger partial charge on any atom is 0.241 e. The molecule has 0 aliphatic heterocycles. The van der Waals surface area contributed by atoms with Crippen molar-refractivity contribution >= 4 is 23.5 Å². The van der Waals surface area contributed by atoms with Crippen molar-refractivity contribution in [1.29, 1.82) is 0 Å². The third kappa shape index (κ3) is 5.66. The average molecular weight is 429 g/mol. The van der Waals surface area contributed by atoms with Crippen LogP contribution in [0.5, 0.6) is 5.75 Å². The van der Waals surface area contributed by atoms with Crippen LogP contribution in [-0.2, 0) is 16.8 Å². The van der Waals surface area contributed by atoms with Crippen LogP contribution in [-0.4, -0.2) is 51.1 Å². The van der Waals surface area contributed by atoms with Crippen molar-refractivity contribution in [3.63, 3.8) is 0 Å². The molecular formula is C23H29ClN4O2. The summed E-state index contributed by atoms with van der Waals surface area (Å²) in [5, 5.41) is 7.37. The number of benzene rings is 2. The van der Waals surface area contributed by atoms with Crippen LogP contribution in [0.15, 0.2) is 53.5 Å². The van der Waals surface area contributed by atoms with Crippen LogP contribution < -0.4 is 15.4 Å². The van der Waals surface area contributed by atoms with Gasteiger partial charge in [0.15, 0.2) is 5.96 Å². The number of nitrogens with zero attached hydrogens (tertiary/aromatic N) is 2. The molecule has 1 amide bonds. The molecule has 0 bridgehead atoms. The van der Waals surface area contributed by atoms with Crippen molar-refractivity contribution in [1.82, 2.24) is 15.5 Å². The minimum absolute atomic E-state index is 0.0128. The fourth-order valence-electron chi connectivity index (χ4n) is 3.23. The highest BCUT2D eigenvalue weighted by atomic mass is 35.5. The Morgan fingerprint density at radius 1 is 1.13 bits per heavy atom. The van der Waals surface area contributed by atoms with Crippen molar-refractivity contribution in [2.75, 3.05) is 34.3 Å². The molecule has 0 saturated heterocycles. The van der Waals surface area contributed by atoms with E-state index in [0.717, 1.165) is 34.7 Å². The standard InChI is InChI=1S/C23H29ClN4O2/c1-28(2)21(29)15-26-22(25-14-17-8-10-18(30-3)11-9-17)27-16-23(12-13-23)19-6-4-5-7-20(19)24/h4-11H,12-16H2,1-3H3,(H2,25,26,27). The molecular weight excluding hydrogens is 400 g/mol. The summed E-state index contributed by atoms with van der Waals surface area (Å²) >= 11 is 6.43. The first-order chi connectivity index (χ1) is 14.4. The lowest BCUT2D eigenvalue weighted by atomic mass is 9.96. The molecule has 30 heavy (non-hydrogen) atoms. The van der Waals surface area contributed by atoms with Gasteiger partial charge in [0.25, 0.3) is 0 Å². The van der Waals surface area contributed by atoms with E-state index >= 15 is 0 Å². The molecule has 3 rings (SSSR count). The number of carbonyl (C=O) groups is 1. The number of rotatable bonds is 8. The Bertz CT molecular complexity index is 892. The van der Waals surface area contributed by atoms with Gasteiger partial charge in [0, 0.05) is 31.1 Å². The molecule has 2 aromatic rings. The number of ether oxygens (including phenoxy) is 1. The van der Waals surface area contributed by atoms with Gasteiger partial charge in [-0.1, -0.05) is 41.9 Å². The minimum Gasteiger partial charge on any atom is -0.497 e. The van der Waals surface area contributed by atoms with E-state index in [1.807, 2.05) is 42.5 Å². The Balaban J connectivity index is 1.68. The zero-order valence-corrected chi connectivity index (χ0v) is 18.5. The Kier molecular flexibility index (Phi) is 7.21. The molecule has 0 atom stereocenters. The van der Waals surface area contributed by atoms with Crippen LogP contribution in [0.4, 0.5) is 0 Å². The minimum atomic E-state index is -0.0128. The van der Waals surface area contributed by atoms with E-state index < -0.39 is 0 Å². The van der Waals surface area contributed by atoms with Crippen LogP contribution in [0, 0.1) is 0 Å². The second-order valence-corrected chi connectivity index (χ2v) is 8.18. The van der Waals surface area contributed by atoms with Crippen LogP contribution in [0.25, 0.3) is 0 Å². The number of amides is 1. The van der Waals surface area contributed by atoms with Crippen molar-refractivity contribution in [3.8, 4) is 5.75 Å². The molecule has 0 unspecified atom stereocenters. The van der Waals surface area contributed by atoms with Crippen LogP contribution in [0.3, 0.4) is 0 Å². The molecule has 1 saturated carbocycles. The van der Waals surface area contributed by atoms with Gasteiger partial charge in [0.1, 0.15) is 5.75 Å². The summed E-state index contributed by atoms with van der Waals surface area (Å²) in [5.41, 5.74) is 2.24. The second-order valence-electron chi connectivity index (χ2n) is 7.77. The lowest BCUT2D eigenvalue weighted by Gasteiger charge is -2.21. The topological polar surface area (TPSA) is 66.0 Å². The summed E-state index contributed by atoms with van der Waals surface area (Å²) in [6.07, 6.45) is 2.15. The summed E-state index contributed by atoms with van der Waals surface area (Å²) in [4.78, 5) is 18.3. The molecule has 2 aromatic carbocycles. The predicted octanol–water partition coefficient (Wildman–Crippen LogP) is 3.20. The monoisotopic (exact) mass is 428 g/mol. The lowest BCUT2D eigenvalue weighted by Crippen LogP contribution is -2.45. The maximum atomic E-state index is 12.0. The van der Waals surface area contributed by atoms with Gasteiger partial charge in [-0.2, -0.15) is 0 Å². The quantitative estimate of drug-likeness (QED) is 0.500. The molecule has 7 heteroatoms. The number of hydrogen-bond acceptors (Lipinski definition) is 3. The number of hydrogen-bond donors (Lipinski definition) is 2. The van der Waals surface area contributed by atoms with Gasteiger partial charge >= 0.3 is 0 Å². The number of methoxy groups -OCH3 is 1. The first-order valence-corrected chi connectivity index (χ1v) is 10.4. The van der Waals surface area contributed by atoms with Gasteiger partial charge in [-0.15, -0.1) is 0 Å². The molecule has 1 aliphatic carbocycles. The van der Waals surface area contributed by atoms with E-state index in [1.54, 1.807) is 26.1 Å². The molecule has 0 radical (unpaired) electrons. The summed E-state index contributed by atoms with van der Waals surface area (Å²) in [7, 11) is 5.12. The van der Waals surface area contributed by atoms with Crippen LogP contribution in [0.2, 0.25) is 5.02 Å². The fourth-order valence-corrected chi connectivity index (χ4v) is 3.57. The molecule has 0 spiro atoms. The highest BCUT2D eigenvalue weighted by Crippen LogP contribution is 2.49. The van der Waals surface area contributed by atoms with Gasteiger partial charge in [-0.25, -0.2) is 4.99 Å². The number of likely N-dealkylation sites (N-methyl/N-ethyl adjacent to an activating group) is 1. The van der Waals surface area contributed by atoms with Crippen molar-refractivity contribution in [3.05, 3.63) is 64.7 Å². The summed E-state index contributed by atoms with van der Waals surface area (Å²) in [5.74, 6) is 1.41. The molecule has 1 fully saturated rings. The number of nitrogens with one attached hydrogen (secondary N) is 2. The first-order valence-electron chi connectivity index (χ1n) is 10.0. The van der Waals surface area contributed by atoms with Crippen molar-refractivity contribution < 1.29 is 9.53 Å². The largest absolute Gasteiger partial charge is 0.497 e. The smallest absolute Gasteiger partial charge is 0.241 e. The van der Waals surface area contributed by atoms with E-state index in [2.05, 4.69) is 21.7 Å². The van der Waals surface area contributed by atoms with E-state index in [9.17, 15) is 4.79 Å². The van der Waals surface area contributed by atoms with Gasteiger partial charge in [0.2, 0.25) is 5.91 Å². The summed E-state index contributed by atoms with van der Waals surface area (Å²) in [6.45, 7) is 1.39. The third-order valence-electron chi connectivity index (χ3n) is 5.38. The summed E-state index contributed by atoms with van der Waals surface area (Å²) < 4.78 is 5.20. The predicted molar refractivity (Wildman–Crippen MR) is 121 cm³/mol. The molecule has 0 heterocycles. The first kappa shape index (κ1) is 22.0. The zero-order chi connectivity index (χ0) is 21.6. The molecule has 1 aliphatic rings. The third-order valence-corrected chi connectivity index (χ3v) is 5.71. The Labute approximate surface area is 183 Å². The van der Waals surface area contributed by atoms with Crippen molar-refractivity contribution in [2.45, 2.75) is 24.8 Å². The van der Waals surface area contributed by atoms with Crippen LogP contribution >= 0.6 is 11.6 Å². The average Bonchev–Trinajstić information content (AvgIpc) is 3.54. The zero-order valence-electron chi connectivity index (χ0n) is 17.7. The molecule has 6 nitrogen and oxygen atoms in total. The molecule has 2 N–H and O–H groups in total. The van der Waals surface area contributed by atoms with Crippen molar-refractivity contribution in [2.24, 2.45) is 4.99 Å². The highest BCUT2D eigenvalue weighted by molar-refractivity contribution is 6.31. The van der Waals surface area contributed by atoms with Gasteiger partial charge < -0.3 is 20.3 Å². The number of guanidine groups is 1. The van der Waals surface area contributed by atoms with Gasteiger partial charge in [-0.05, 0) is 42.2 Å². The van der Waals surface area contributed by atoms with E-state index in [-0.39, 0.29) is 17.9 Å². The fraction of sp³-hybridized carbons (Fsp3) is 0.391. The van der Waals surface area contributed by atoms with E-state index in [4.69, 9.17) is 16.3 Å². The SMILES string of the molecule is COc1ccc(CN=C(NCC(=O)N(C)C)NCC2(c3ccccc3Cl)CC2)cc1. The maximum absolute atomic E-state index is 12.0. The molecule has 160 valence electrons. The van der Waals surface area contributed by atoms with E-state index in [0.29, 0.717) is 19.0 Å². The lowest BCUT2D eigenvalue weighted by molar-refractivity contribution is -0.127. The number of halogens is 1. The Morgan fingerprint density at radius 2 is 1.83 bits per heavy atom. The van der Waals surface area contributed by atoms with Gasteiger partial charge in [-0.3, -0.25) is 4.79 Å². The number of carbonyl (C=O) groups excluding carboxylic acids is 1. The summed E-state index contributed by atoms with van der Waals surface area (Å²) in [6, 6.07) is 15.8.